The first kappa shape index (κ1) is 15.4. The maximum Gasteiger partial charge on any atom is 0.119 e. The monoisotopic (exact) mass is 352 g/mol. The van der Waals surface area contributed by atoms with Gasteiger partial charge in [-0.3, -0.25) is 0 Å². The van der Waals surface area contributed by atoms with E-state index in [2.05, 4.69) is 34.1 Å². The standard InChI is InChI=1S/C17H18BrClO/c18-17-9-5-4-6-15(17)12-14(13-19)10-11-20-16-7-2-1-3-8-16/h1-9,14H,10-13H2. The van der Waals surface area contributed by atoms with Gasteiger partial charge in [-0.2, -0.15) is 0 Å². The van der Waals surface area contributed by atoms with E-state index >= 15 is 0 Å². The molecule has 0 spiro atoms. The Hall–Kier alpha value is -0.990. The van der Waals surface area contributed by atoms with E-state index in [1.165, 1.54) is 5.56 Å². The minimum atomic E-state index is 0.430. The van der Waals surface area contributed by atoms with Gasteiger partial charge in [0.15, 0.2) is 0 Å². The third kappa shape index (κ3) is 4.84. The molecule has 0 radical (unpaired) electrons. The molecule has 0 aliphatic heterocycles. The van der Waals surface area contributed by atoms with Crippen LogP contribution in [0.4, 0.5) is 0 Å². The number of alkyl halides is 1. The van der Waals surface area contributed by atoms with Crippen LogP contribution in [0.1, 0.15) is 12.0 Å². The Balaban J connectivity index is 1.82. The van der Waals surface area contributed by atoms with Gasteiger partial charge in [-0.05, 0) is 42.5 Å². The highest BCUT2D eigenvalue weighted by atomic mass is 79.9. The van der Waals surface area contributed by atoms with Gasteiger partial charge in [0, 0.05) is 10.4 Å². The Morgan fingerprint density at radius 1 is 1.00 bits per heavy atom. The molecule has 1 unspecified atom stereocenters. The number of para-hydroxylation sites is 1. The molecule has 0 fully saturated rings. The van der Waals surface area contributed by atoms with E-state index in [4.69, 9.17) is 16.3 Å². The number of benzene rings is 2. The van der Waals surface area contributed by atoms with Crippen molar-refractivity contribution in [3.05, 3.63) is 64.6 Å². The number of hydrogen-bond acceptors (Lipinski definition) is 1. The lowest BCUT2D eigenvalue weighted by Crippen LogP contribution is -2.12. The lowest BCUT2D eigenvalue weighted by Gasteiger charge is -2.15. The smallest absolute Gasteiger partial charge is 0.119 e. The maximum absolute atomic E-state index is 6.08. The fourth-order valence-electron chi connectivity index (χ4n) is 2.07. The zero-order chi connectivity index (χ0) is 14.2. The molecule has 0 aromatic heterocycles. The summed E-state index contributed by atoms with van der Waals surface area (Å²) in [7, 11) is 0. The maximum atomic E-state index is 6.08. The normalized spacial score (nSPS) is 12.1. The van der Waals surface area contributed by atoms with Crippen LogP contribution < -0.4 is 4.74 Å². The molecule has 106 valence electrons. The molecule has 2 aromatic carbocycles. The van der Waals surface area contributed by atoms with Gasteiger partial charge in [-0.25, -0.2) is 0 Å². The Morgan fingerprint density at radius 2 is 1.70 bits per heavy atom. The van der Waals surface area contributed by atoms with Crippen molar-refractivity contribution >= 4 is 27.5 Å². The van der Waals surface area contributed by atoms with Crippen LogP contribution >= 0.6 is 27.5 Å². The molecule has 0 N–H and O–H groups in total. The second-order valence-corrected chi connectivity index (χ2v) is 5.93. The molecule has 0 amide bonds. The summed E-state index contributed by atoms with van der Waals surface area (Å²) in [6.07, 6.45) is 1.93. The molecule has 0 saturated heterocycles. The third-order valence-electron chi connectivity index (χ3n) is 3.22. The van der Waals surface area contributed by atoms with E-state index in [0.29, 0.717) is 18.4 Å². The van der Waals surface area contributed by atoms with Crippen molar-refractivity contribution in [2.24, 2.45) is 5.92 Å². The highest BCUT2D eigenvalue weighted by Gasteiger charge is 2.10. The summed E-state index contributed by atoms with van der Waals surface area (Å²) < 4.78 is 6.89. The summed E-state index contributed by atoms with van der Waals surface area (Å²) in [4.78, 5) is 0. The van der Waals surface area contributed by atoms with Gasteiger partial charge in [0.05, 0.1) is 6.61 Å². The van der Waals surface area contributed by atoms with Crippen LogP contribution in [0.5, 0.6) is 5.75 Å². The lowest BCUT2D eigenvalue weighted by molar-refractivity contribution is 0.284. The number of hydrogen-bond donors (Lipinski definition) is 0. The van der Waals surface area contributed by atoms with Crippen molar-refractivity contribution < 1.29 is 4.74 Å². The summed E-state index contributed by atoms with van der Waals surface area (Å²) in [6, 6.07) is 18.2. The van der Waals surface area contributed by atoms with Crippen LogP contribution in [0.3, 0.4) is 0 Å². The first-order chi connectivity index (χ1) is 9.79. The van der Waals surface area contributed by atoms with Crippen LogP contribution in [0.25, 0.3) is 0 Å². The van der Waals surface area contributed by atoms with E-state index in [9.17, 15) is 0 Å². The van der Waals surface area contributed by atoms with Gasteiger partial charge in [0.1, 0.15) is 5.75 Å². The average Bonchev–Trinajstić information content (AvgIpc) is 2.49. The molecule has 2 rings (SSSR count). The van der Waals surface area contributed by atoms with Crippen molar-refractivity contribution in [3.8, 4) is 5.75 Å². The lowest BCUT2D eigenvalue weighted by atomic mass is 9.98. The average molecular weight is 354 g/mol. The van der Waals surface area contributed by atoms with Crippen LogP contribution in [-0.2, 0) is 6.42 Å². The number of halogens is 2. The van der Waals surface area contributed by atoms with Gasteiger partial charge in [0.25, 0.3) is 0 Å². The van der Waals surface area contributed by atoms with E-state index in [0.717, 1.165) is 23.1 Å². The predicted molar refractivity (Wildman–Crippen MR) is 88.6 cm³/mol. The summed E-state index contributed by atoms with van der Waals surface area (Å²) >= 11 is 9.67. The fraction of sp³-hybridized carbons (Fsp3) is 0.294. The van der Waals surface area contributed by atoms with Crippen molar-refractivity contribution in [1.82, 2.24) is 0 Å². The van der Waals surface area contributed by atoms with Gasteiger partial charge in [-0.15, -0.1) is 11.6 Å². The van der Waals surface area contributed by atoms with Crippen LogP contribution in [0, 0.1) is 5.92 Å². The summed E-state index contributed by atoms with van der Waals surface area (Å²) in [6.45, 7) is 0.700. The van der Waals surface area contributed by atoms with Crippen LogP contribution in [0.15, 0.2) is 59.1 Å². The quantitative estimate of drug-likeness (QED) is 0.612. The summed E-state index contributed by atoms with van der Waals surface area (Å²) in [5.74, 6) is 2.00. The van der Waals surface area contributed by atoms with Crippen LogP contribution in [-0.4, -0.2) is 12.5 Å². The molecule has 1 nitrogen and oxygen atoms in total. The Morgan fingerprint density at radius 3 is 2.40 bits per heavy atom. The topological polar surface area (TPSA) is 9.23 Å². The minimum absolute atomic E-state index is 0.430. The third-order valence-corrected chi connectivity index (χ3v) is 4.43. The molecule has 3 heteroatoms. The van der Waals surface area contributed by atoms with E-state index < -0.39 is 0 Å². The predicted octanol–water partition coefficient (Wildman–Crippen LogP) is 5.32. The SMILES string of the molecule is ClCC(CCOc1ccccc1)Cc1ccccc1Br. The molecule has 0 bridgehead atoms. The highest BCUT2D eigenvalue weighted by molar-refractivity contribution is 9.10. The second kappa shape index (κ2) is 8.33. The van der Waals surface area contributed by atoms with Crippen molar-refractivity contribution in [2.75, 3.05) is 12.5 Å². The molecule has 0 saturated carbocycles. The molecule has 0 aliphatic rings. The van der Waals surface area contributed by atoms with Gasteiger partial charge in [0.2, 0.25) is 0 Å². The van der Waals surface area contributed by atoms with Crippen molar-refractivity contribution in [1.29, 1.82) is 0 Å². The fourth-order valence-corrected chi connectivity index (χ4v) is 2.78. The summed E-state index contributed by atoms with van der Waals surface area (Å²) in [5.41, 5.74) is 1.30. The highest BCUT2D eigenvalue weighted by Crippen LogP contribution is 2.22. The van der Waals surface area contributed by atoms with Gasteiger partial charge in [-0.1, -0.05) is 52.3 Å². The van der Waals surface area contributed by atoms with Gasteiger partial charge < -0.3 is 4.74 Å². The molecule has 1 atom stereocenters. The Kier molecular flexibility index (Phi) is 6.41. The van der Waals surface area contributed by atoms with Crippen molar-refractivity contribution in [2.45, 2.75) is 12.8 Å². The van der Waals surface area contributed by atoms with Crippen LogP contribution in [0.2, 0.25) is 0 Å². The van der Waals surface area contributed by atoms with E-state index in [1.807, 2.05) is 36.4 Å². The zero-order valence-corrected chi connectivity index (χ0v) is 13.6. The minimum Gasteiger partial charge on any atom is -0.494 e. The number of rotatable bonds is 7. The molecule has 0 aliphatic carbocycles. The zero-order valence-electron chi connectivity index (χ0n) is 11.3. The van der Waals surface area contributed by atoms with Crippen molar-refractivity contribution in [3.63, 3.8) is 0 Å². The Labute approximate surface area is 134 Å². The first-order valence-corrected chi connectivity index (χ1v) is 8.09. The first-order valence-electron chi connectivity index (χ1n) is 6.77. The Bertz CT molecular complexity index is 515. The van der Waals surface area contributed by atoms with E-state index in [-0.39, 0.29) is 0 Å². The molecule has 20 heavy (non-hydrogen) atoms. The van der Waals surface area contributed by atoms with Gasteiger partial charge >= 0.3 is 0 Å². The van der Waals surface area contributed by atoms with E-state index in [1.54, 1.807) is 0 Å². The molecule has 2 aromatic rings. The summed E-state index contributed by atoms with van der Waals surface area (Å²) in [5, 5.41) is 0. The molecular formula is C17H18BrClO. The molecular weight excluding hydrogens is 336 g/mol. The molecule has 0 heterocycles. The second-order valence-electron chi connectivity index (χ2n) is 4.77. The largest absolute Gasteiger partial charge is 0.494 e. The number of ether oxygens (including phenoxy) is 1.